The second-order valence-electron chi connectivity index (χ2n) is 6.94. The molecule has 8 heteroatoms. The molecule has 0 radical (unpaired) electrons. The van der Waals surface area contributed by atoms with Gasteiger partial charge in [-0.1, -0.05) is 0 Å². The van der Waals surface area contributed by atoms with E-state index in [0.717, 1.165) is 38.5 Å². The van der Waals surface area contributed by atoms with Crippen LogP contribution in [-0.4, -0.2) is 32.2 Å². The lowest BCUT2D eigenvalue weighted by Gasteiger charge is -2.51. The second kappa shape index (κ2) is 5.47. The quantitative estimate of drug-likeness (QED) is 0.687. The van der Waals surface area contributed by atoms with E-state index in [0.29, 0.717) is 11.4 Å². The van der Waals surface area contributed by atoms with Gasteiger partial charge in [0.1, 0.15) is 0 Å². The van der Waals surface area contributed by atoms with Crippen LogP contribution < -0.4 is 10.6 Å². The highest BCUT2D eigenvalue weighted by Crippen LogP contribution is 2.57. The maximum absolute atomic E-state index is 12.7. The minimum absolute atomic E-state index is 0.0486. The molecule has 5 rings (SSSR count). The van der Waals surface area contributed by atoms with Crippen LogP contribution in [0.1, 0.15) is 38.5 Å². The molecular weight excluding hydrogens is 308 g/mol. The molecule has 0 atom stereocenters. The standard InChI is InChI=1S/C16H20N6O2/c23-13(21-11-7-17-18-8-11)15-1-2-16(5-3-15,6-4-15)14(24)22-12-9-19-20-10-12/h7-10H,1-6H2,(H,17,18)(H,19,20)(H,21,23)(H,22,24). The maximum Gasteiger partial charge on any atom is 0.230 e. The number of nitrogens with zero attached hydrogens (tertiary/aromatic N) is 2. The van der Waals surface area contributed by atoms with Crippen LogP contribution in [0.2, 0.25) is 0 Å². The number of nitrogens with one attached hydrogen (secondary N) is 4. The molecule has 4 N–H and O–H groups in total. The highest BCUT2D eigenvalue weighted by Gasteiger charge is 2.55. The van der Waals surface area contributed by atoms with Crippen LogP contribution in [0.4, 0.5) is 11.4 Å². The van der Waals surface area contributed by atoms with Crippen LogP contribution in [-0.2, 0) is 9.59 Å². The van der Waals surface area contributed by atoms with E-state index in [9.17, 15) is 9.59 Å². The van der Waals surface area contributed by atoms with Crippen molar-refractivity contribution in [1.82, 2.24) is 20.4 Å². The summed E-state index contributed by atoms with van der Waals surface area (Å²) in [5.74, 6) is 0.0971. The number of rotatable bonds is 4. The van der Waals surface area contributed by atoms with Crippen molar-refractivity contribution in [3.8, 4) is 0 Å². The van der Waals surface area contributed by atoms with Gasteiger partial charge in [-0.15, -0.1) is 0 Å². The number of hydrogen-bond acceptors (Lipinski definition) is 4. The lowest BCUT2D eigenvalue weighted by molar-refractivity contribution is -0.144. The number of carbonyl (C=O) groups excluding carboxylic acids is 2. The van der Waals surface area contributed by atoms with Crippen LogP contribution in [0, 0.1) is 10.8 Å². The number of carbonyl (C=O) groups is 2. The van der Waals surface area contributed by atoms with Crippen molar-refractivity contribution in [2.45, 2.75) is 38.5 Å². The molecule has 2 aromatic heterocycles. The lowest BCUT2D eigenvalue weighted by Crippen LogP contribution is -2.52. The van der Waals surface area contributed by atoms with E-state index in [1.54, 1.807) is 24.8 Å². The van der Waals surface area contributed by atoms with Crippen LogP contribution in [0.3, 0.4) is 0 Å². The van der Waals surface area contributed by atoms with E-state index in [4.69, 9.17) is 0 Å². The third-order valence-corrected chi connectivity index (χ3v) is 5.72. The zero-order valence-electron chi connectivity index (χ0n) is 13.3. The summed E-state index contributed by atoms with van der Waals surface area (Å²) in [6, 6.07) is 0. The number of fused-ring (bicyclic) bond motifs is 3. The Hall–Kier alpha value is -2.64. The molecule has 3 fully saturated rings. The van der Waals surface area contributed by atoms with Gasteiger partial charge in [-0.2, -0.15) is 10.2 Å². The minimum atomic E-state index is -0.352. The predicted molar refractivity (Wildman–Crippen MR) is 87.0 cm³/mol. The van der Waals surface area contributed by atoms with Crippen molar-refractivity contribution in [3.05, 3.63) is 24.8 Å². The van der Waals surface area contributed by atoms with Gasteiger partial charge in [0.2, 0.25) is 11.8 Å². The SMILES string of the molecule is O=C(Nc1cn[nH]c1)C12CCC(C(=O)Nc3cn[nH]c3)(CC1)CC2. The van der Waals surface area contributed by atoms with Crippen LogP contribution in [0.5, 0.6) is 0 Å². The summed E-state index contributed by atoms with van der Waals surface area (Å²) in [5, 5.41) is 19.0. The summed E-state index contributed by atoms with van der Waals surface area (Å²) in [4.78, 5) is 25.4. The molecule has 3 aliphatic carbocycles. The summed E-state index contributed by atoms with van der Waals surface area (Å²) < 4.78 is 0. The van der Waals surface area contributed by atoms with Crippen molar-refractivity contribution >= 4 is 23.2 Å². The van der Waals surface area contributed by atoms with E-state index < -0.39 is 0 Å². The maximum atomic E-state index is 12.7. The molecule has 24 heavy (non-hydrogen) atoms. The fourth-order valence-corrected chi connectivity index (χ4v) is 4.03. The third-order valence-electron chi connectivity index (χ3n) is 5.72. The van der Waals surface area contributed by atoms with Crippen molar-refractivity contribution in [3.63, 3.8) is 0 Å². The van der Waals surface area contributed by atoms with Gasteiger partial charge in [0.05, 0.1) is 23.8 Å². The van der Waals surface area contributed by atoms with Gasteiger partial charge >= 0.3 is 0 Å². The summed E-state index contributed by atoms with van der Waals surface area (Å²) in [6.45, 7) is 0. The Bertz CT molecular complexity index is 648. The molecule has 0 aromatic carbocycles. The fraction of sp³-hybridized carbons (Fsp3) is 0.500. The molecule has 2 amide bonds. The Balaban J connectivity index is 1.43. The number of amides is 2. The average molecular weight is 328 g/mol. The van der Waals surface area contributed by atoms with Gasteiger partial charge in [-0.05, 0) is 38.5 Å². The van der Waals surface area contributed by atoms with Crippen LogP contribution >= 0.6 is 0 Å². The molecule has 0 saturated heterocycles. The Morgan fingerprint density at radius 3 is 1.46 bits per heavy atom. The zero-order valence-corrected chi connectivity index (χ0v) is 13.3. The normalized spacial score (nSPS) is 28.5. The molecule has 3 saturated carbocycles. The van der Waals surface area contributed by atoms with Crippen molar-refractivity contribution in [2.75, 3.05) is 10.6 Å². The summed E-state index contributed by atoms with van der Waals surface area (Å²) in [5.41, 5.74) is 0.674. The number of H-pyrrole nitrogens is 2. The fourth-order valence-electron chi connectivity index (χ4n) is 4.03. The first-order valence-electron chi connectivity index (χ1n) is 8.23. The van der Waals surface area contributed by atoms with E-state index in [1.165, 1.54) is 0 Å². The molecule has 3 aliphatic rings. The monoisotopic (exact) mass is 328 g/mol. The highest BCUT2D eigenvalue weighted by atomic mass is 16.2. The summed E-state index contributed by atoms with van der Waals surface area (Å²) >= 11 is 0. The van der Waals surface area contributed by atoms with Gasteiger partial charge in [-0.25, -0.2) is 0 Å². The summed E-state index contributed by atoms with van der Waals surface area (Å²) in [6.07, 6.45) is 11.0. The van der Waals surface area contributed by atoms with Gasteiger partial charge in [0.15, 0.2) is 0 Å². The molecule has 0 spiro atoms. The Kier molecular flexibility index (Phi) is 3.40. The molecule has 126 valence electrons. The molecular formula is C16H20N6O2. The number of aromatic amines is 2. The Morgan fingerprint density at radius 2 is 1.17 bits per heavy atom. The van der Waals surface area contributed by atoms with Crippen molar-refractivity contribution in [2.24, 2.45) is 10.8 Å². The third kappa shape index (κ3) is 2.38. The lowest BCUT2D eigenvalue weighted by atomic mass is 9.53. The number of anilines is 2. The molecule has 2 aromatic rings. The predicted octanol–water partition coefficient (Wildman–Crippen LogP) is 2.05. The van der Waals surface area contributed by atoms with Gasteiger partial charge in [0, 0.05) is 23.2 Å². The van der Waals surface area contributed by atoms with E-state index in [-0.39, 0.29) is 22.6 Å². The van der Waals surface area contributed by atoms with E-state index >= 15 is 0 Å². The minimum Gasteiger partial charge on any atom is -0.323 e. The highest BCUT2D eigenvalue weighted by molar-refractivity contribution is 5.98. The average Bonchev–Trinajstić information content (AvgIpc) is 3.30. The Labute approximate surface area is 138 Å². The second-order valence-corrected chi connectivity index (χ2v) is 6.94. The van der Waals surface area contributed by atoms with Crippen LogP contribution in [0.25, 0.3) is 0 Å². The first kappa shape index (κ1) is 14.9. The largest absolute Gasteiger partial charge is 0.323 e. The first-order chi connectivity index (χ1) is 11.6. The van der Waals surface area contributed by atoms with E-state index in [1.807, 2.05) is 0 Å². The number of hydrogen-bond donors (Lipinski definition) is 4. The zero-order chi connectivity index (χ0) is 16.6. The first-order valence-corrected chi connectivity index (χ1v) is 8.23. The molecule has 0 unspecified atom stereocenters. The van der Waals surface area contributed by atoms with Crippen molar-refractivity contribution in [1.29, 1.82) is 0 Å². The Morgan fingerprint density at radius 1 is 0.792 bits per heavy atom. The molecule has 8 nitrogen and oxygen atoms in total. The summed E-state index contributed by atoms with van der Waals surface area (Å²) in [7, 11) is 0. The van der Waals surface area contributed by atoms with Gasteiger partial charge < -0.3 is 10.6 Å². The van der Waals surface area contributed by atoms with Gasteiger partial charge in [0.25, 0.3) is 0 Å². The smallest absolute Gasteiger partial charge is 0.230 e. The molecule has 2 heterocycles. The van der Waals surface area contributed by atoms with Crippen LogP contribution in [0.15, 0.2) is 24.8 Å². The molecule has 0 aliphatic heterocycles. The topological polar surface area (TPSA) is 116 Å². The van der Waals surface area contributed by atoms with Gasteiger partial charge in [-0.3, -0.25) is 19.8 Å². The van der Waals surface area contributed by atoms with E-state index in [2.05, 4.69) is 31.0 Å². The number of aromatic nitrogens is 4. The van der Waals surface area contributed by atoms with Crippen molar-refractivity contribution < 1.29 is 9.59 Å². The molecule has 2 bridgehead atoms.